The van der Waals surface area contributed by atoms with Crippen LogP contribution in [0.25, 0.3) is 0 Å². The van der Waals surface area contributed by atoms with Crippen LogP contribution in [0.1, 0.15) is 0 Å². The highest BCUT2D eigenvalue weighted by Crippen LogP contribution is 2.31. The van der Waals surface area contributed by atoms with Crippen molar-refractivity contribution in [3.05, 3.63) is 44.9 Å². The highest BCUT2D eigenvalue weighted by atomic mass is 79.9. The molecule has 0 atom stereocenters. The van der Waals surface area contributed by atoms with Crippen LogP contribution in [-0.4, -0.2) is 14.9 Å². The summed E-state index contributed by atoms with van der Waals surface area (Å²) in [6.45, 7) is 0. The van der Waals surface area contributed by atoms with Crippen LogP contribution >= 0.6 is 15.9 Å². The zero-order chi connectivity index (χ0) is 14.7. The molecule has 10 heteroatoms. The molecule has 1 aromatic heterocycles. The number of hydrogen-bond donors (Lipinski definition) is 3. The van der Waals surface area contributed by atoms with Gasteiger partial charge in [0, 0.05) is 5.69 Å². The molecule has 104 valence electrons. The topological polar surface area (TPSA) is 119 Å². The van der Waals surface area contributed by atoms with Crippen molar-refractivity contribution in [3.63, 3.8) is 0 Å². The van der Waals surface area contributed by atoms with Crippen molar-refractivity contribution in [1.82, 2.24) is 9.97 Å². The quantitative estimate of drug-likeness (QED) is 0.443. The Morgan fingerprint density at radius 3 is 2.65 bits per heavy atom. The standard InChI is InChI=1S/C10H8BrFN6O2/c11-6-2-1-5(3-7(6)12)16-9-8(18(19)20)10(17-13)15-4-14-9/h1-4H,13H2,(H2,14,15,16,17). The van der Waals surface area contributed by atoms with E-state index in [1.165, 1.54) is 18.2 Å². The molecule has 20 heavy (non-hydrogen) atoms. The molecule has 2 rings (SSSR count). The van der Waals surface area contributed by atoms with Gasteiger partial charge in [0.2, 0.25) is 11.6 Å². The average molecular weight is 343 g/mol. The third kappa shape index (κ3) is 2.81. The predicted molar refractivity (Wildman–Crippen MR) is 73.9 cm³/mol. The van der Waals surface area contributed by atoms with Gasteiger partial charge in [-0.25, -0.2) is 20.2 Å². The summed E-state index contributed by atoms with van der Waals surface area (Å²) in [7, 11) is 0. The second kappa shape index (κ2) is 5.75. The van der Waals surface area contributed by atoms with Crippen LogP contribution < -0.4 is 16.6 Å². The van der Waals surface area contributed by atoms with Crippen molar-refractivity contribution in [1.29, 1.82) is 0 Å². The van der Waals surface area contributed by atoms with Crippen molar-refractivity contribution in [2.75, 3.05) is 10.7 Å². The number of nitrogen functional groups attached to an aromatic ring is 1. The lowest BCUT2D eigenvalue weighted by Gasteiger charge is -2.08. The minimum absolute atomic E-state index is 0.0975. The van der Waals surface area contributed by atoms with Gasteiger partial charge in [-0.2, -0.15) is 0 Å². The predicted octanol–water partition coefficient (Wildman–Crippen LogP) is 2.32. The Bertz CT molecular complexity index is 668. The lowest BCUT2D eigenvalue weighted by molar-refractivity contribution is -0.383. The second-order valence-corrected chi connectivity index (χ2v) is 4.43. The highest BCUT2D eigenvalue weighted by molar-refractivity contribution is 9.10. The summed E-state index contributed by atoms with van der Waals surface area (Å²) in [5.41, 5.74) is 1.98. The van der Waals surface area contributed by atoms with Crippen molar-refractivity contribution >= 4 is 38.9 Å². The minimum atomic E-state index is -0.688. The molecule has 0 saturated carbocycles. The van der Waals surface area contributed by atoms with Gasteiger partial charge >= 0.3 is 5.69 Å². The summed E-state index contributed by atoms with van der Waals surface area (Å²) < 4.78 is 13.7. The Labute approximate surface area is 120 Å². The van der Waals surface area contributed by atoms with E-state index in [2.05, 4.69) is 36.6 Å². The van der Waals surface area contributed by atoms with Crippen molar-refractivity contribution in [2.24, 2.45) is 5.84 Å². The summed E-state index contributed by atoms with van der Waals surface area (Å²) in [6.07, 6.45) is 1.10. The molecule has 0 bridgehead atoms. The fourth-order valence-electron chi connectivity index (χ4n) is 1.46. The fourth-order valence-corrected chi connectivity index (χ4v) is 1.71. The van der Waals surface area contributed by atoms with Gasteiger partial charge in [0.25, 0.3) is 0 Å². The van der Waals surface area contributed by atoms with E-state index in [-0.39, 0.29) is 16.1 Å². The maximum atomic E-state index is 13.4. The maximum absolute atomic E-state index is 13.4. The first-order valence-corrected chi connectivity index (χ1v) is 6.00. The lowest BCUT2D eigenvalue weighted by Crippen LogP contribution is -2.12. The average Bonchev–Trinajstić information content (AvgIpc) is 2.42. The first-order chi connectivity index (χ1) is 9.52. The number of aromatic nitrogens is 2. The molecule has 0 aliphatic carbocycles. The molecule has 0 fully saturated rings. The zero-order valence-corrected chi connectivity index (χ0v) is 11.4. The number of nitrogens with zero attached hydrogens (tertiary/aromatic N) is 3. The zero-order valence-electron chi connectivity index (χ0n) is 9.80. The van der Waals surface area contributed by atoms with Crippen LogP contribution in [0.15, 0.2) is 29.0 Å². The SMILES string of the molecule is NNc1ncnc(Nc2ccc(Br)c(F)c2)c1[N+](=O)[O-]. The van der Waals surface area contributed by atoms with Crippen LogP contribution in [0.3, 0.4) is 0 Å². The number of hydrazine groups is 1. The molecule has 1 heterocycles. The normalized spacial score (nSPS) is 10.2. The first kappa shape index (κ1) is 14.1. The first-order valence-electron chi connectivity index (χ1n) is 5.21. The highest BCUT2D eigenvalue weighted by Gasteiger charge is 2.22. The Morgan fingerprint density at radius 1 is 1.35 bits per heavy atom. The van der Waals surface area contributed by atoms with E-state index in [0.717, 1.165) is 6.33 Å². The largest absolute Gasteiger partial charge is 0.354 e. The Morgan fingerprint density at radius 2 is 2.05 bits per heavy atom. The number of hydrogen-bond acceptors (Lipinski definition) is 7. The molecule has 0 spiro atoms. The number of nitrogens with one attached hydrogen (secondary N) is 2. The fraction of sp³-hybridized carbons (Fsp3) is 0. The minimum Gasteiger partial charge on any atom is -0.334 e. The number of halogens is 2. The molecular formula is C10H8BrFN6O2. The van der Waals surface area contributed by atoms with E-state index < -0.39 is 16.4 Å². The summed E-state index contributed by atoms with van der Waals surface area (Å²) in [5.74, 6) is 4.40. The van der Waals surface area contributed by atoms with E-state index in [0.29, 0.717) is 5.69 Å². The van der Waals surface area contributed by atoms with Crippen LogP contribution in [0, 0.1) is 15.9 Å². The van der Waals surface area contributed by atoms with E-state index in [1.807, 2.05) is 0 Å². The molecule has 1 aromatic carbocycles. The van der Waals surface area contributed by atoms with Gasteiger partial charge < -0.3 is 10.7 Å². The molecule has 2 aromatic rings. The maximum Gasteiger partial charge on any atom is 0.354 e. The summed E-state index contributed by atoms with van der Waals surface area (Å²) >= 11 is 3.01. The van der Waals surface area contributed by atoms with Gasteiger partial charge in [0.05, 0.1) is 9.40 Å². The van der Waals surface area contributed by atoms with Gasteiger partial charge in [-0.15, -0.1) is 0 Å². The molecule has 4 N–H and O–H groups in total. The van der Waals surface area contributed by atoms with Crippen LogP contribution in [0.2, 0.25) is 0 Å². The molecular weight excluding hydrogens is 335 g/mol. The van der Waals surface area contributed by atoms with Crippen LogP contribution in [-0.2, 0) is 0 Å². The van der Waals surface area contributed by atoms with Gasteiger partial charge in [0.15, 0.2) is 0 Å². The monoisotopic (exact) mass is 342 g/mol. The van der Waals surface area contributed by atoms with Gasteiger partial charge in [-0.05, 0) is 34.1 Å². The van der Waals surface area contributed by atoms with Gasteiger partial charge in [-0.3, -0.25) is 10.1 Å². The molecule has 0 aliphatic rings. The van der Waals surface area contributed by atoms with Crippen LogP contribution in [0.5, 0.6) is 0 Å². The molecule has 8 nitrogen and oxygen atoms in total. The molecule has 0 saturated heterocycles. The Kier molecular flexibility index (Phi) is 4.05. The number of nitrogens with two attached hydrogens (primary N) is 1. The number of anilines is 3. The van der Waals surface area contributed by atoms with Crippen molar-refractivity contribution < 1.29 is 9.31 Å². The Balaban J connectivity index is 2.42. The van der Waals surface area contributed by atoms with E-state index in [1.54, 1.807) is 0 Å². The lowest BCUT2D eigenvalue weighted by atomic mass is 10.3. The third-order valence-corrected chi connectivity index (χ3v) is 2.97. The van der Waals surface area contributed by atoms with E-state index in [9.17, 15) is 14.5 Å². The molecule has 0 radical (unpaired) electrons. The number of rotatable bonds is 4. The van der Waals surface area contributed by atoms with Gasteiger partial charge in [0.1, 0.15) is 12.1 Å². The van der Waals surface area contributed by atoms with E-state index >= 15 is 0 Å². The Hall–Kier alpha value is -2.33. The van der Waals surface area contributed by atoms with Gasteiger partial charge in [-0.1, -0.05) is 0 Å². The molecule has 0 aliphatic heterocycles. The van der Waals surface area contributed by atoms with E-state index in [4.69, 9.17) is 5.84 Å². The van der Waals surface area contributed by atoms with Crippen molar-refractivity contribution in [3.8, 4) is 0 Å². The summed E-state index contributed by atoms with van der Waals surface area (Å²) in [5, 5.41) is 13.7. The van der Waals surface area contributed by atoms with Crippen LogP contribution in [0.4, 0.5) is 27.4 Å². The third-order valence-electron chi connectivity index (χ3n) is 2.32. The molecule has 0 unspecified atom stereocenters. The molecule has 0 amide bonds. The smallest absolute Gasteiger partial charge is 0.334 e. The number of benzene rings is 1. The van der Waals surface area contributed by atoms with Crippen molar-refractivity contribution in [2.45, 2.75) is 0 Å². The second-order valence-electron chi connectivity index (χ2n) is 3.57. The summed E-state index contributed by atoms with van der Waals surface area (Å²) in [6, 6.07) is 4.17. The number of nitro groups is 1. The summed E-state index contributed by atoms with van der Waals surface area (Å²) in [4.78, 5) is 17.7.